The molecule has 14 heavy (non-hydrogen) atoms. The number of ether oxygens (including phenoxy) is 1. The maximum absolute atomic E-state index is 11.2. The number of ketones is 1. The van der Waals surface area contributed by atoms with Gasteiger partial charge in [0.05, 0.1) is 6.61 Å². The van der Waals surface area contributed by atoms with Gasteiger partial charge in [0.2, 0.25) is 5.01 Å². The van der Waals surface area contributed by atoms with Crippen LogP contribution in [0.3, 0.4) is 0 Å². The molecule has 1 heterocycles. The average molecular weight is 213 g/mol. The van der Waals surface area contributed by atoms with E-state index < -0.39 is 5.97 Å². The van der Waals surface area contributed by atoms with E-state index in [1.54, 1.807) is 19.2 Å². The molecular weight excluding hydrogens is 202 g/mol. The molecule has 0 saturated heterocycles. The molecule has 76 valence electrons. The van der Waals surface area contributed by atoms with Crippen LogP contribution >= 0.6 is 11.3 Å². The summed E-state index contributed by atoms with van der Waals surface area (Å²) >= 11 is 1.13. The highest BCUT2D eigenvalue weighted by molar-refractivity contribution is 7.11. The van der Waals surface area contributed by atoms with Crippen molar-refractivity contribution in [2.24, 2.45) is 0 Å². The number of aromatic nitrogens is 1. The van der Waals surface area contributed by atoms with Gasteiger partial charge in [-0.3, -0.25) is 4.79 Å². The quantitative estimate of drug-likeness (QED) is 0.566. The van der Waals surface area contributed by atoms with Crippen LogP contribution in [0.1, 0.15) is 40.6 Å². The van der Waals surface area contributed by atoms with Crippen molar-refractivity contribution in [1.29, 1.82) is 0 Å². The monoisotopic (exact) mass is 213 g/mol. The summed E-state index contributed by atoms with van der Waals surface area (Å²) in [5.74, 6) is -0.524. The molecule has 5 heteroatoms. The molecule has 0 amide bonds. The Labute approximate surface area is 85.9 Å². The number of hydrogen-bond acceptors (Lipinski definition) is 5. The summed E-state index contributed by atoms with van der Waals surface area (Å²) in [5, 5.41) is 1.82. The van der Waals surface area contributed by atoms with E-state index in [1.165, 1.54) is 0 Å². The number of nitrogens with zero attached hydrogens (tertiary/aromatic N) is 1. The summed E-state index contributed by atoms with van der Waals surface area (Å²) in [5.41, 5.74) is 0.348. The van der Waals surface area contributed by atoms with Crippen molar-refractivity contribution in [1.82, 2.24) is 4.98 Å². The van der Waals surface area contributed by atoms with Crippen LogP contribution in [-0.4, -0.2) is 23.3 Å². The SMILES string of the molecule is CCOC(=O)c1nc(C(=O)CC)cs1. The zero-order chi connectivity index (χ0) is 10.6. The van der Waals surface area contributed by atoms with Crippen LogP contribution in [0.5, 0.6) is 0 Å². The van der Waals surface area contributed by atoms with Gasteiger partial charge in [-0.05, 0) is 6.92 Å². The van der Waals surface area contributed by atoms with Gasteiger partial charge in [0.25, 0.3) is 0 Å². The summed E-state index contributed by atoms with van der Waals surface area (Å²) in [6, 6.07) is 0. The van der Waals surface area contributed by atoms with Crippen molar-refractivity contribution in [2.45, 2.75) is 20.3 Å². The van der Waals surface area contributed by atoms with Crippen molar-refractivity contribution in [3.63, 3.8) is 0 Å². The van der Waals surface area contributed by atoms with Crippen LogP contribution in [0, 0.1) is 0 Å². The Bertz CT molecular complexity index is 346. The highest BCUT2D eigenvalue weighted by Crippen LogP contribution is 2.12. The molecule has 0 spiro atoms. The Morgan fingerprint density at radius 3 is 2.79 bits per heavy atom. The van der Waals surface area contributed by atoms with E-state index in [0.717, 1.165) is 11.3 Å². The number of Topliss-reactive ketones (excluding diaryl/α,β-unsaturated/α-hetero) is 1. The molecule has 0 N–H and O–H groups in total. The fourth-order valence-electron chi connectivity index (χ4n) is 0.870. The Balaban J connectivity index is 2.77. The van der Waals surface area contributed by atoms with Gasteiger partial charge in [0.15, 0.2) is 5.78 Å². The van der Waals surface area contributed by atoms with Crippen LogP contribution in [-0.2, 0) is 4.74 Å². The van der Waals surface area contributed by atoms with Crippen molar-refractivity contribution in [3.8, 4) is 0 Å². The third-order valence-electron chi connectivity index (χ3n) is 1.56. The van der Waals surface area contributed by atoms with E-state index in [9.17, 15) is 9.59 Å². The van der Waals surface area contributed by atoms with Crippen LogP contribution in [0.4, 0.5) is 0 Å². The second-order valence-electron chi connectivity index (χ2n) is 2.54. The summed E-state index contributed by atoms with van der Waals surface area (Å²) in [6.07, 6.45) is 0.395. The molecule has 0 bridgehead atoms. The first-order valence-electron chi connectivity index (χ1n) is 4.34. The predicted molar refractivity (Wildman–Crippen MR) is 52.7 cm³/mol. The maximum atomic E-state index is 11.2. The molecule has 0 saturated carbocycles. The highest BCUT2D eigenvalue weighted by atomic mass is 32.1. The fourth-order valence-corrected chi connectivity index (χ4v) is 1.58. The van der Waals surface area contributed by atoms with Crippen molar-refractivity contribution in [2.75, 3.05) is 6.61 Å². The van der Waals surface area contributed by atoms with Gasteiger partial charge in [-0.15, -0.1) is 11.3 Å². The molecule has 0 radical (unpaired) electrons. The zero-order valence-electron chi connectivity index (χ0n) is 8.07. The van der Waals surface area contributed by atoms with E-state index in [2.05, 4.69) is 4.98 Å². The number of rotatable bonds is 4. The van der Waals surface area contributed by atoms with Crippen molar-refractivity contribution in [3.05, 3.63) is 16.1 Å². The number of thiazole rings is 1. The van der Waals surface area contributed by atoms with E-state index in [4.69, 9.17) is 4.74 Å². The minimum atomic E-state index is -0.465. The van der Waals surface area contributed by atoms with Crippen molar-refractivity contribution < 1.29 is 14.3 Å². The lowest BCUT2D eigenvalue weighted by Gasteiger charge is -1.95. The summed E-state index contributed by atoms with van der Waals surface area (Å²) in [6.45, 7) is 3.80. The molecule has 0 aromatic carbocycles. The first kappa shape index (κ1) is 10.8. The number of esters is 1. The Kier molecular flexibility index (Phi) is 3.76. The highest BCUT2D eigenvalue weighted by Gasteiger charge is 2.14. The average Bonchev–Trinajstić information content (AvgIpc) is 2.66. The smallest absolute Gasteiger partial charge is 0.367 e. The van der Waals surface area contributed by atoms with E-state index in [0.29, 0.717) is 18.7 Å². The molecule has 4 nitrogen and oxygen atoms in total. The van der Waals surface area contributed by atoms with Gasteiger partial charge >= 0.3 is 5.97 Å². The third kappa shape index (κ3) is 2.38. The fraction of sp³-hybridized carbons (Fsp3) is 0.444. The van der Waals surface area contributed by atoms with Crippen LogP contribution in [0.15, 0.2) is 5.38 Å². The zero-order valence-corrected chi connectivity index (χ0v) is 8.89. The Hall–Kier alpha value is -1.23. The Morgan fingerprint density at radius 1 is 1.50 bits per heavy atom. The van der Waals surface area contributed by atoms with Gasteiger partial charge in [0, 0.05) is 11.8 Å². The van der Waals surface area contributed by atoms with Gasteiger partial charge in [0.1, 0.15) is 5.69 Å². The first-order chi connectivity index (χ1) is 6.69. The molecule has 1 rings (SSSR count). The lowest BCUT2D eigenvalue weighted by molar-refractivity contribution is 0.0526. The normalized spacial score (nSPS) is 9.86. The van der Waals surface area contributed by atoms with Gasteiger partial charge < -0.3 is 4.74 Å². The van der Waals surface area contributed by atoms with Crippen molar-refractivity contribution >= 4 is 23.1 Å². The lowest BCUT2D eigenvalue weighted by atomic mass is 10.2. The summed E-state index contributed by atoms with van der Waals surface area (Å²) in [4.78, 5) is 26.3. The van der Waals surface area contributed by atoms with Crippen LogP contribution < -0.4 is 0 Å². The molecule has 1 aromatic heterocycles. The largest absolute Gasteiger partial charge is 0.461 e. The standard InChI is InChI=1S/C9H11NO3S/c1-3-7(11)6-5-14-8(10-6)9(12)13-4-2/h5H,3-4H2,1-2H3. The predicted octanol–water partition coefficient (Wildman–Crippen LogP) is 1.91. The van der Waals surface area contributed by atoms with E-state index in [1.807, 2.05) is 0 Å². The Morgan fingerprint density at radius 2 is 2.21 bits per heavy atom. The number of carbonyl (C=O) groups is 2. The summed E-state index contributed by atoms with van der Waals surface area (Å²) in [7, 11) is 0. The van der Waals surface area contributed by atoms with Crippen LogP contribution in [0.2, 0.25) is 0 Å². The first-order valence-corrected chi connectivity index (χ1v) is 5.22. The van der Waals surface area contributed by atoms with E-state index >= 15 is 0 Å². The van der Waals surface area contributed by atoms with E-state index in [-0.39, 0.29) is 10.8 Å². The third-order valence-corrected chi connectivity index (χ3v) is 2.38. The van der Waals surface area contributed by atoms with Gasteiger partial charge in [-0.2, -0.15) is 0 Å². The second kappa shape index (κ2) is 4.85. The molecule has 0 aliphatic heterocycles. The molecule has 0 aliphatic rings. The minimum absolute atomic E-state index is 0.0585. The van der Waals surface area contributed by atoms with Gasteiger partial charge in [-0.1, -0.05) is 6.92 Å². The van der Waals surface area contributed by atoms with Gasteiger partial charge in [-0.25, -0.2) is 9.78 Å². The minimum Gasteiger partial charge on any atom is -0.461 e. The second-order valence-corrected chi connectivity index (χ2v) is 3.39. The lowest BCUT2D eigenvalue weighted by Crippen LogP contribution is -2.05. The maximum Gasteiger partial charge on any atom is 0.367 e. The molecule has 0 unspecified atom stereocenters. The molecule has 0 fully saturated rings. The van der Waals surface area contributed by atoms with Crippen LogP contribution in [0.25, 0.3) is 0 Å². The number of carbonyl (C=O) groups excluding carboxylic acids is 2. The molecular formula is C9H11NO3S. The molecule has 1 aromatic rings. The number of hydrogen-bond donors (Lipinski definition) is 0. The topological polar surface area (TPSA) is 56.3 Å². The molecule has 0 aliphatic carbocycles. The molecule has 0 atom stereocenters. The summed E-state index contributed by atoms with van der Waals surface area (Å²) < 4.78 is 4.75.